The molecule has 4 nitrogen and oxygen atoms in total. The second-order valence-electron chi connectivity index (χ2n) is 5.73. The van der Waals surface area contributed by atoms with Crippen LogP contribution in [0.3, 0.4) is 0 Å². The maximum atomic E-state index is 11.5. The third kappa shape index (κ3) is 10.4. The van der Waals surface area contributed by atoms with Gasteiger partial charge in [-0.05, 0) is 79.0 Å². The summed E-state index contributed by atoms with van der Waals surface area (Å²) in [6, 6.07) is 0. The number of rotatable bonds is 1. The van der Waals surface area contributed by atoms with Gasteiger partial charge in [0.05, 0.1) is 13.0 Å². The lowest BCUT2D eigenvalue weighted by Gasteiger charge is -2.38. The van der Waals surface area contributed by atoms with E-state index in [1.165, 1.54) is 7.11 Å². The summed E-state index contributed by atoms with van der Waals surface area (Å²) in [7, 11) is 1.44. The fraction of sp³-hybridized carbons (Fsp3) is 0.409. The van der Waals surface area contributed by atoms with Crippen LogP contribution < -0.4 is 0 Å². The van der Waals surface area contributed by atoms with Crippen molar-refractivity contribution in [2.75, 3.05) is 7.11 Å². The topological polar surface area (TPSA) is 60.4 Å². The minimum atomic E-state index is -0.130. The molecular formula is C22H36O4. The molecule has 1 fully saturated rings. The van der Waals surface area contributed by atoms with E-state index >= 15 is 0 Å². The largest absolute Gasteiger partial charge is 0.469 e. The zero-order valence-electron chi connectivity index (χ0n) is 15.6. The summed E-state index contributed by atoms with van der Waals surface area (Å²) in [6.07, 6.45) is 8.02. The Hall–Kier alpha value is -3.39. The van der Waals surface area contributed by atoms with Gasteiger partial charge in [-0.3, -0.25) is 4.79 Å². The Morgan fingerprint density at radius 3 is 2.08 bits per heavy atom. The van der Waals surface area contributed by atoms with Crippen molar-refractivity contribution in [2.24, 2.45) is 11.3 Å². The van der Waals surface area contributed by atoms with Crippen LogP contribution in [0.25, 0.3) is 0 Å². The van der Waals surface area contributed by atoms with Gasteiger partial charge in [-0.1, -0.05) is 31.9 Å². The molecule has 1 unspecified atom stereocenters. The minimum absolute atomic E-state index is 0. The highest BCUT2D eigenvalue weighted by molar-refractivity contribution is 5.76. The fourth-order valence-corrected chi connectivity index (χ4v) is 2.47. The third-order valence-electron chi connectivity index (χ3n) is 3.52. The average Bonchev–Trinajstić information content (AvgIpc) is 2.62. The summed E-state index contributed by atoms with van der Waals surface area (Å²) in [5.41, 5.74) is 1.05. The number of carbonyl (C=O) groups is 1. The molecule has 148 valence electrons. The number of carbonyl (C=O) groups excluding carboxylic acids is 1. The van der Waals surface area contributed by atoms with Crippen molar-refractivity contribution in [3.63, 3.8) is 0 Å². The van der Waals surface area contributed by atoms with E-state index in [1.54, 1.807) is 6.92 Å². The molecule has 1 aliphatic rings. The molecule has 26 heavy (non-hydrogen) atoms. The van der Waals surface area contributed by atoms with Crippen LogP contribution in [0, 0.1) is 81.0 Å². The third-order valence-corrected chi connectivity index (χ3v) is 3.52. The van der Waals surface area contributed by atoms with Gasteiger partial charge in [-0.25, -0.2) is 0 Å². The van der Waals surface area contributed by atoms with Crippen molar-refractivity contribution in [1.29, 1.82) is 0 Å². The van der Waals surface area contributed by atoms with Gasteiger partial charge >= 0.3 is 5.97 Å². The SMILES string of the molecule is C#CC#CC#CC#CC#CC.C=C1CCCC(C)(C)C1C(=O)OC.O=O.[HH].[HH].[HH].[HH].[HH].[HH].[HH]. The summed E-state index contributed by atoms with van der Waals surface area (Å²) in [6.45, 7) is 9.89. The molecule has 1 rings (SSSR count). The van der Waals surface area contributed by atoms with Crippen molar-refractivity contribution in [1.82, 2.24) is 0 Å². The molecule has 0 radical (unpaired) electrons. The molecule has 1 atom stereocenters. The quantitative estimate of drug-likeness (QED) is 0.374. The van der Waals surface area contributed by atoms with Gasteiger partial charge in [0.1, 0.15) is 0 Å². The van der Waals surface area contributed by atoms with Crippen LogP contribution in [0.2, 0.25) is 0 Å². The Balaban J connectivity index is -0.0000000390. The number of methoxy groups -OCH3 is 1. The van der Waals surface area contributed by atoms with Gasteiger partial charge in [-0.2, -0.15) is 0 Å². The molecule has 1 aliphatic carbocycles. The first kappa shape index (κ1) is 24.9. The molecule has 0 heterocycles. The van der Waals surface area contributed by atoms with E-state index < -0.39 is 0 Å². The lowest BCUT2D eigenvalue weighted by molar-refractivity contribution is -0.148. The van der Waals surface area contributed by atoms with Gasteiger partial charge in [0, 0.05) is 19.9 Å². The maximum absolute atomic E-state index is 11.5. The predicted molar refractivity (Wildman–Crippen MR) is 119 cm³/mol. The molecular weight excluding hydrogens is 328 g/mol. The molecule has 0 aromatic carbocycles. The molecule has 0 bridgehead atoms. The molecule has 0 aliphatic heterocycles. The lowest BCUT2D eigenvalue weighted by atomic mass is 9.67. The van der Waals surface area contributed by atoms with Crippen molar-refractivity contribution in [3.8, 4) is 59.7 Å². The van der Waals surface area contributed by atoms with Gasteiger partial charge in [0.2, 0.25) is 0 Å². The van der Waals surface area contributed by atoms with E-state index in [2.05, 4.69) is 73.7 Å². The van der Waals surface area contributed by atoms with Crippen molar-refractivity contribution in [2.45, 2.75) is 40.0 Å². The predicted octanol–water partition coefficient (Wildman–Crippen LogP) is 4.98. The monoisotopic (exact) mass is 364 g/mol. The highest BCUT2D eigenvalue weighted by Crippen LogP contribution is 2.43. The van der Waals surface area contributed by atoms with Gasteiger partial charge < -0.3 is 4.74 Å². The first-order valence-corrected chi connectivity index (χ1v) is 7.70. The van der Waals surface area contributed by atoms with Gasteiger partial charge in [-0.15, -0.1) is 6.42 Å². The van der Waals surface area contributed by atoms with Crippen molar-refractivity contribution in [3.05, 3.63) is 22.1 Å². The van der Waals surface area contributed by atoms with Gasteiger partial charge in [0.15, 0.2) is 0 Å². The number of esters is 1. The number of ether oxygens (including phenoxy) is 1. The Morgan fingerprint density at radius 2 is 1.65 bits per heavy atom. The summed E-state index contributed by atoms with van der Waals surface area (Å²) < 4.78 is 4.80. The first-order valence-electron chi connectivity index (χ1n) is 7.70. The Labute approximate surface area is 166 Å². The van der Waals surface area contributed by atoms with Crippen LogP contribution in [-0.4, -0.2) is 13.1 Å². The number of hydrogen-bond donors (Lipinski definition) is 0. The molecule has 1 saturated carbocycles. The van der Waals surface area contributed by atoms with Crippen LogP contribution >= 0.6 is 0 Å². The zero-order valence-corrected chi connectivity index (χ0v) is 15.6. The molecule has 0 amide bonds. The number of terminal acetylenes is 1. The van der Waals surface area contributed by atoms with Crippen molar-refractivity contribution < 1.29 is 19.5 Å². The number of hydrogen-bond acceptors (Lipinski definition) is 4. The molecule has 0 saturated heterocycles. The maximum Gasteiger partial charge on any atom is 0.313 e. The standard InChI is InChI=1S/C11H18O2.C11H4.O2.7H2/c1-8-6-5-7-11(2,3)9(8)10(12)13-4;1-3-5-7-9-11-10-8-6-4-2;1-2;;;;;;;/h9H,1,5-7H2,2-4H3;1H,2H3;;7*1H. The van der Waals surface area contributed by atoms with E-state index in [4.69, 9.17) is 21.1 Å². The lowest BCUT2D eigenvalue weighted by Crippen LogP contribution is -2.36. The highest BCUT2D eigenvalue weighted by atomic mass is 16.7. The summed E-state index contributed by atoms with van der Waals surface area (Å²) in [5.74, 6) is 21.7. The van der Waals surface area contributed by atoms with Crippen LogP contribution in [-0.2, 0) is 9.53 Å². The van der Waals surface area contributed by atoms with E-state index in [-0.39, 0.29) is 27.3 Å². The molecule has 0 spiro atoms. The van der Waals surface area contributed by atoms with Crippen LogP contribution in [0.15, 0.2) is 12.2 Å². The zero-order chi connectivity index (χ0) is 20.4. The highest BCUT2D eigenvalue weighted by Gasteiger charge is 2.40. The normalized spacial score (nSPS) is 15.2. The molecule has 0 N–H and O–H groups in total. The minimum Gasteiger partial charge on any atom is -0.469 e. The Morgan fingerprint density at radius 1 is 1.15 bits per heavy atom. The van der Waals surface area contributed by atoms with Crippen molar-refractivity contribution >= 4 is 5.97 Å². The Kier molecular flexibility index (Phi) is 14.5. The summed E-state index contributed by atoms with van der Waals surface area (Å²) in [5, 5.41) is 0. The van der Waals surface area contributed by atoms with E-state index in [0.29, 0.717) is 0 Å². The summed E-state index contributed by atoms with van der Waals surface area (Å²) in [4.78, 5) is 25.5. The van der Waals surface area contributed by atoms with E-state index in [9.17, 15) is 4.79 Å². The smallest absolute Gasteiger partial charge is 0.313 e. The average molecular weight is 365 g/mol. The van der Waals surface area contributed by atoms with Crippen LogP contribution in [0.4, 0.5) is 0 Å². The summed E-state index contributed by atoms with van der Waals surface area (Å²) >= 11 is 0. The molecule has 4 heteroatoms. The fourth-order valence-electron chi connectivity index (χ4n) is 2.47. The van der Waals surface area contributed by atoms with E-state index in [0.717, 1.165) is 24.8 Å². The van der Waals surface area contributed by atoms with E-state index in [1.807, 2.05) is 0 Å². The first-order chi connectivity index (χ1) is 12.4. The second-order valence-corrected chi connectivity index (χ2v) is 5.73. The van der Waals surface area contributed by atoms with Crippen LogP contribution in [0.1, 0.15) is 50.0 Å². The molecule has 0 aromatic rings. The van der Waals surface area contributed by atoms with Crippen LogP contribution in [0.5, 0.6) is 0 Å². The Bertz CT molecular complexity index is 782. The second kappa shape index (κ2) is 15.2. The van der Waals surface area contributed by atoms with Gasteiger partial charge in [0.25, 0.3) is 0 Å². The molecule has 0 aromatic heterocycles.